The van der Waals surface area contributed by atoms with Crippen LogP contribution in [0.5, 0.6) is 0 Å². The molecule has 3 heteroatoms. The van der Waals surface area contributed by atoms with Crippen LogP contribution in [0.1, 0.15) is 27.7 Å². The molecule has 0 aliphatic carbocycles. The van der Waals surface area contributed by atoms with Crippen LogP contribution in [0.15, 0.2) is 0 Å². The van der Waals surface area contributed by atoms with Crippen LogP contribution < -0.4 is 5.32 Å². The minimum Gasteiger partial charge on any atom is -0.380 e. The van der Waals surface area contributed by atoms with Gasteiger partial charge in [-0.2, -0.15) is 0 Å². The minimum absolute atomic E-state index is 0.436. The van der Waals surface area contributed by atoms with Crippen LogP contribution in [0.3, 0.4) is 0 Å². The topological polar surface area (TPSA) is 24.5 Å². The molecule has 0 aromatic rings. The van der Waals surface area contributed by atoms with Crippen molar-refractivity contribution in [2.45, 2.75) is 39.8 Å². The summed E-state index contributed by atoms with van der Waals surface area (Å²) in [4.78, 5) is 2.28. The van der Waals surface area contributed by atoms with Crippen molar-refractivity contribution >= 4 is 0 Å². The van der Waals surface area contributed by atoms with Crippen molar-refractivity contribution in [3.8, 4) is 0 Å². The zero-order chi connectivity index (χ0) is 11.8. The summed E-state index contributed by atoms with van der Waals surface area (Å²) in [5.74, 6) is 0.673. The Labute approximate surface area is 95.2 Å². The third kappa shape index (κ3) is 6.88. The molecule has 15 heavy (non-hydrogen) atoms. The highest BCUT2D eigenvalue weighted by atomic mass is 16.5. The van der Waals surface area contributed by atoms with Crippen molar-refractivity contribution in [2.75, 3.05) is 33.9 Å². The molecule has 0 aliphatic heterocycles. The standard InChI is InChI=1S/C12H28N2O/c1-7-15-9-11(4)13-8-12(10(2)3)14(5)6/h10-13H,7-9H2,1-6H3. The second kappa shape index (κ2) is 8.08. The maximum absolute atomic E-state index is 5.37. The SMILES string of the molecule is CCOCC(C)NCC(C(C)C)N(C)C. The van der Waals surface area contributed by atoms with Crippen molar-refractivity contribution in [1.82, 2.24) is 10.2 Å². The van der Waals surface area contributed by atoms with Gasteiger partial charge in [-0.1, -0.05) is 13.8 Å². The average Bonchev–Trinajstić information content (AvgIpc) is 2.13. The van der Waals surface area contributed by atoms with Gasteiger partial charge in [0.05, 0.1) is 6.61 Å². The lowest BCUT2D eigenvalue weighted by Crippen LogP contribution is -2.45. The fourth-order valence-electron chi connectivity index (χ4n) is 1.69. The maximum Gasteiger partial charge on any atom is 0.0616 e. The molecule has 0 saturated heterocycles. The molecule has 0 fully saturated rings. The molecule has 2 unspecified atom stereocenters. The zero-order valence-electron chi connectivity index (χ0n) is 11.2. The molecule has 0 rings (SSSR count). The van der Waals surface area contributed by atoms with E-state index in [-0.39, 0.29) is 0 Å². The van der Waals surface area contributed by atoms with Crippen molar-refractivity contribution in [1.29, 1.82) is 0 Å². The molecule has 0 aromatic carbocycles. The molecule has 92 valence electrons. The Morgan fingerprint density at radius 1 is 1.20 bits per heavy atom. The number of likely N-dealkylation sites (N-methyl/N-ethyl adjacent to an activating group) is 1. The van der Waals surface area contributed by atoms with Gasteiger partial charge in [-0.25, -0.2) is 0 Å². The van der Waals surface area contributed by atoms with Gasteiger partial charge in [-0.3, -0.25) is 0 Å². The Balaban J connectivity index is 3.78. The maximum atomic E-state index is 5.37. The normalized spacial score (nSPS) is 16.0. The van der Waals surface area contributed by atoms with Crippen LogP contribution in [0.2, 0.25) is 0 Å². The lowest BCUT2D eigenvalue weighted by Gasteiger charge is -2.29. The molecule has 0 heterocycles. The van der Waals surface area contributed by atoms with E-state index in [0.717, 1.165) is 19.8 Å². The fraction of sp³-hybridized carbons (Fsp3) is 1.00. The first-order valence-electron chi connectivity index (χ1n) is 5.96. The predicted octanol–water partition coefficient (Wildman–Crippen LogP) is 1.59. The minimum atomic E-state index is 0.436. The first-order chi connectivity index (χ1) is 6.99. The molecule has 0 spiro atoms. The zero-order valence-corrected chi connectivity index (χ0v) is 11.2. The Bertz CT molecular complexity index is 141. The van der Waals surface area contributed by atoms with Crippen LogP contribution in [0.4, 0.5) is 0 Å². The summed E-state index contributed by atoms with van der Waals surface area (Å²) < 4.78 is 5.37. The summed E-state index contributed by atoms with van der Waals surface area (Å²) in [6, 6.07) is 1.03. The van der Waals surface area contributed by atoms with Gasteiger partial charge in [0.1, 0.15) is 0 Å². The van der Waals surface area contributed by atoms with E-state index in [0.29, 0.717) is 18.0 Å². The van der Waals surface area contributed by atoms with E-state index in [9.17, 15) is 0 Å². The number of rotatable bonds is 8. The van der Waals surface area contributed by atoms with Gasteiger partial charge in [-0.15, -0.1) is 0 Å². The summed E-state index contributed by atoms with van der Waals surface area (Å²) in [6.45, 7) is 11.4. The number of nitrogens with one attached hydrogen (secondary N) is 1. The van der Waals surface area contributed by atoms with Crippen molar-refractivity contribution in [3.05, 3.63) is 0 Å². The van der Waals surface area contributed by atoms with E-state index in [1.54, 1.807) is 0 Å². The molecule has 3 nitrogen and oxygen atoms in total. The average molecular weight is 216 g/mol. The highest BCUT2D eigenvalue weighted by Crippen LogP contribution is 2.06. The van der Waals surface area contributed by atoms with Gasteiger partial charge in [0.25, 0.3) is 0 Å². The van der Waals surface area contributed by atoms with Gasteiger partial charge < -0.3 is 15.0 Å². The lowest BCUT2D eigenvalue weighted by atomic mass is 10.0. The molecule has 0 bridgehead atoms. The fourth-order valence-corrected chi connectivity index (χ4v) is 1.69. The van der Waals surface area contributed by atoms with Gasteiger partial charge >= 0.3 is 0 Å². The van der Waals surface area contributed by atoms with Crippen LogP contribution in [-0.2, 0) is 4.74 Å². The number of hydrogen-bond acceptors (Lipinski definition) is 3. The second-order valence-electron chi connectivity index (χ2n) is 4.74. The Hall–Kier alpha value is -0.120. The number of ether oxygens (including phenoxy) is 1. The van der Waals surface area contributed by atoms with Gasteiger partial charge in [0.15, 0.2) is 0 Å². The third-order valence-corrected chi connectivity index (χ3v) is 2.68. The van der Waals surface area contributed by atoms with E-state index in [2.05, 4.69) is 45.1 Å². The van der Waals surface area contributed by atoms with Crippen molar-refractivity contribution < 1.29 is 4.74 Å². The summed E-state index contributed by atoms with van der Waals surface area (Å²) in [6.07, 6.45) is 0. The van der Waals surface area contributed by atoms with E-state index in [1.807, 2.05) is 6.92 Å². The Morgan fingerprint density at radius 2 is 1.80 bits per heavy atom. The van der Waals surface area contributed by atoms with Gasteiger partial charge in [0.2, 0.25) is 0 Å². The molecule has 0 aliphatic rings. The van der Waals surface area contributed by atoms with Crippen LogP contribution >= 0.6 is 0 Å². The van der Waals surface area contributed by atoms with E-state index in [4.69, 9.17) is 4.74 Å². The molecule has 0 amide bonds. The van der Waals surface area contributed by atoms with Crippen LogP contribution in [0.25, 0.3) is 0 Å². The molecule has 0 aromatic heterocycles. The Kier molecular flexibility index (Phi) is 8.02. The highest BCUT2D eigenvalue weighted by Gasteiger charge is 2.16. The Morgan fingerprint density at radius 3 is 2.20 bits per heavy atom. The van der Waals surface area contributed by atoms with Crippen molar-refractivity contribution in [3.63, 3.8) is 0 Å². The summed E-state index contributed by atoms with van der Waals surface area (Å²) in [7, 11) is 4.28. The van der Waals surface area contributed by atoms with Crippen LogP contribution in [0, 0.1) is 5.92 Å². The first-order valence-corrected chi connectivity index (χ1v) is 5.96. The van der Waals surface area contributed by atoms with E-state index in [1.165, 1.54) is 0 Å². The predicted molar refractivity (Wildman–Crippen MR) is 66.3 cm³/mol. The monoisotopic (exact) mass is 216 g/mol. The van der Waals surface area contributed by atoms with Gasteiger partial charge in [-0.05, 0) is 33.9 Å². The summed E-state index contributed by atoms with van der Waals surface area (Å²) in [5.41, 5.74) is 0. The lowest BCUT2D eigenvalue weighted by molar-refractivity contribution is 0.121. The van der Waals surface area contributed by atoms with Crippen molar-refractivity contribution in [2.24, 2.45) is 5.92 Å². The molecular weight excluding hydrogens is 188 g/mol. The molecule has 2 atom stereocenters. The molecule has 0 radical (unpaired) electrons. The van der Waals surface area contributed by atoms with E-state index < -0.39 is 0 Å². The largest absolute Gasteiger partial charge is 0.380 e. The summed E-state index contributed by atoms with van der Waals surface area (Å²) in [5, 5.41) is 3.51. The summed E-state index contributed by atoms with van der Waals surface area (Å²) >= 11 is 0. The molecule has 0 saturated carbocycles. The quantitative estimate of drug-likeness (QED) is 0.667. The van der Waals surface area contributed by atoms with Crippen LogP contribution in [-0.4, -0.2) is 50.8 Å². The third-order valence-electron chi connectivity index (χ3n) is 2.68. The smallest absolute Gasteiger partial charge is 0.0616 e. The first kappa shape index (κ1) is 14.9. The second-order valence-corrected chi connectivity index (χ2v) is 4.74. The number of nitrogens with zero attached hydrogens (tertiary/aromatic N) is 1. The molecular formula is C12H28N2O. The highest BCUT2D eigenvalue weighted by molar-refractivity contribution is 4.74. The van der Waals surface area contributed by atoms with Gasteiger partial charge in [0, 0.05) is 25.2 Å². The number of hydrogen-bond donors (Lipinski definition) is 1. The molecule has 1 N–H and O–H groups in total. The van der Waals surface area contributed by atoms with E-state index >= 15 is 0 Å².